The molecule has 1 aromatic carbocycles. The molecular weight excluding hydrogens is 239 g/mol. The Balaban J connectivity index is 3.08. The van der Waals surface area contributed by atoms with Crippen LogP contribution in [-0.2, 0) is 19.1 Å². The van der Waals surface area contributed by atoms with Gasteiger partial charge in [-0.25, -0.2) is 4.39 Å². The van der Waals surface area contributed by atoms with Gasteiger partial charge in [0.15, 0.2) is 5.92 Å². The molecule has 1 rings (SSSR count). The van der Waals surface area contributed by atoms with Gasteiger partial charge in [0.25, 0.3) is 0 Å². The minimum absolute atomic E-state index is 0.0330. The first-order chi connectivity index (χ1) is 8.61. The van der Waals surface area contributed by atoms with Gasteiger partial charge in [0.1, 0.15) is 5.82 Å². The van der Waals surface area contributed by atoms with E-state index in [1.165, 1.54) is 18.2 Å². The molecule has 0 bridgehead atoms. The zero-order chi connectivity index (χ0) is 13.5. The van der Waals surface area contributed by atoms with Crippen molar-refractivity contribution < 1.29 is 23.5 Å². The molecular formula is C13H15FO4. The quantitative estimate of drug-likeness (QED) is 0.596. The van der Waals surface area contributed by atoms with Crippen molar-refractivity contribution in [1.82, 2.24) is 0 Å². The number of esters is 2. The van der Waals surface area contributed by atoms with Crippen LogP contribution in [0.15, 0.2) is 24.3 Å². The highest BCUT2D eigenvalue weighted by atomic mass is 19.1. The zero-order valence-corrected chi connectivity index (χ0v) is 10.3. The molecule has 4 nitrogen and oxygen atoms in total. The molecule has 0 amide bonds. The lowest BCUT2D eigenvalue weighted by atomic mass is 9.99. The Labute approximate surface area is 105 Å². The van der Waals surface area contributed by atoms with Crippen molar-refractivity contribution in [2.45, 2.75) is 19.8 Å². The van der Waals surface area contributed by atoms with E-state index in [2.05, 4.69) is 0 Å². The van der Waals surface area contributed by atoms with Crippen LogP contribution in [-0.4, -0.2) is 25.2 Å². The normalized spacial score (nSPS) is 10.2. The van der Waals surface area contributed by atoms with Crippen LogP contribution in [0.5, 0.6) is 0 Å². The molecule has 1 aromatic rings. The molecule has 98 valence electrons. The third-order valence-electron chi connectivity index (χ3n) is 2.26. The second-order valence-electron chi connectivity index (χ2n) is 3.46. The molecule has 0 aliphatic rings. The van der Waals surface area contributed by atoms with Gasteiger partial charge in [-0.05, 0) is 19.9 Å². The summed E-state index contributed by atoms with van der Waals surface area (Å²) in [6.45, 7) is 3.45. The van der Waals surface area contributed by atoms with Gasteiger partial charge in [-0.1, -0.05) is 18.2 Å². The molecule has 0 spiro atoms. The van der Waals surface area contributed by atoms with Crippen molar-refractivity contribution >= 4 is 11.9 Å². The van der Waals surface area contributed by atoms with Crippen LogP contribution < -0.4 is 0 Å². The van der Waals surface area contributed by atoms with Gasteiger partial charge in [0, 0.05) is 5.56 Å². The van der Waals surface area contributed by atoms with E-state index in [-0.39, 0.29) is 18.8 Å². The Kier molecular flexibility index (Phi) is 5.30. The van der Waals surface area contributed by atoms with Crippen molar-refractivity contribution in [3.63, 3.8) is 0 Å². The molecule has 0 aromatic heterocycles. The van der Waals surface area contributed by atoms with Crippen LogP contribution in [0, 0.1) is 5.82 Å². The number of hydrogen-bond acceptors (Lipinski definition) is 4. The second-order valence-corrected chi connectivity index (χ2v) is 3.46. The summed E-state index contributed by atoms with van der Waals surface area (Å²) < 4.78 is 23.2. The highest BCUT2D eigenvalue weighted by Gasteiger charge is 2.33. The summed E-state index contributed by atoms with van der Waals surface area (Å²) in [7, 11) is 0. The van der Waals surface area contributed by atoms with Crippen LogP contribution >= 0.6 is 0 Å². The van der Waals surface area contributed by atoms with Gasteiger partial charge in [0.2, 0.25) is 0 Å². The molecule has 18 heavy (non-hydrogen) atoms. The SMILES string of the molecule is CCOC(=O)C(C(=O)OCC)c1ccccc1F. The third-order valence-corrected chi connectivity index (χ3v) is 2.26. The van der Waals surface area contributed by atoms with Crippen molar-refractivity contribution in [2.75, 3.05) is 13.2 Å². The zero-order valence-electron chi connectivity index (χ0n) is 10.3. The summed E-state index contributed by atoms with van der Waals surface area (Å²) in [5, 5.41) is 0. The summed E-state index contributed by atoms with van der Waals surface area (Å²) in [5.74, 6) is -3.61. The lowest BCUT2D eigenvalue weighted by Gasteiger charge is -2.15. The Morgan fingerprint density at radius 3 is 2.06 bits per heavy atom. The number of halogens is 1. The maximum atomic E-state index is 13.6. The number of benzene rings is 1. The first kappa shape index (κ1) is 14.2. The highest BCUT2D eigenvalue weighted by Crippen LogP contribution is 2.22. The lowest BCUT2D eigenvalue weighted by molar-refractivity contribution is -0.157. The summed E-state index contributed by atoms with van der Waals surface area (Å²) in [5.41, 5.74) is -0.0330. The highest BCUT2D eigenvalue weighted by molar-refractivity contribution is 6.00. The smallest absolute Gasteiger partial charge is 0.324 e. The molecule has 0 unspecified atom stereocenters. The van der Waals surface area contributed by atoms with E-state index in [0.29, 0.717) is 0 Å². The van der Waals surface area contributed by atoms with E-state index in [0.717, 1.165) is 0 Å². The van der Waals surface area contributed by atoms with E-state index in [4.69, 9.17) is 9.47 Å². The van der Waals surface area contributed by atoms with Crippen LogP contribution in [0.25, 0.3) is 0 Å². The molecule has 0 aliphatic carbocycles. The second kappa shape index (κ2) is 6.74. The van der Waals surface area contributed by atoms with Crippen LogP contribution in [0.2, 0.25) is 0 Å². The summed E-state index contributed by atoms with van der Waals surface area (Å²) >= 11 is 0. The molecule has 0 atom stereocenters. The fraction of sp³-hybridized carbons (Fsp3) is 0.385. The van der Waals surface area contributed by atoms with E-state index in [1.807, 2.05) is 0 Å². The number of carbonyl (C=O) groups excluding carboxylic acids is 2. The largest absolute Gasteiger partial charge is 0.465 e. The first-order valence-corrected chi connectivity index (χ1v) is 5.69. The molecule has 0 aliphatic heterocycles. The van der Waals surface area contributed by atoms with Gasteiger partial charge < -0.3 is 9.47 Å². The van der Waals surface area contributed by atoms with E-state index in [1.54, 1.807) is 19.9 Å². The Morgan fingerprint density at radius 1 is 1.11 bits per heavy atom. The Hall–Kier alpha value is -1.91. The standard InChI is InChI=1S/C13H15FO4/c1-3-17-12(15)11(13(16)18-4-2)9-7-5-6-8-10(9)14/h5-8,11H,3-4H2,1-2H3. The predicted octanol–water partition coefficient (Wildman–Crippen LogP) is 2.04. The van der Waals surface area contributed by atoms with E-state index >= 15 is 0 Å². The summed E-state index contributed by atoms with van der Waals surface area (Å²) in [6.07, 6.45) is 0. The van der Waals surface area contributed by atoms with Gasteiger partial charge >= 0.3 is 11.9 Å². The van der Waals surface area contributed by atoms with Crippen LogP contribution in [0.4, 0.5) is 4.39 Å². The van der Waals surface area contributed by atoms with Gasteiger partial charge in [-0.2, -0.15) is 0 Å². The fourth-order valence-electron chi connectivity index (χ4n) is 1.51. The number of rotatable bonds is 5. The fourth-order valence-corrected chi connectivity index (χ4v) is 1.51. The lowest BCUT2D eigenvalue weighted by Crippen LogP contribution is -2.27. The maximum absolute atomic E-state index is 13.6. The van der Waals surface area contributed by atoms with E-state index < -0.39 is 23.7 Å². The molecule has 0 heterocycles. The molecule has 0 saturated heterocycles. The summed E-state index contributed by atoms with van der Waals surface area (Å²) in [6, 6.07) is 5.57. The third kappa shape index (κ3) is 3.29. The molecule has 0 saturated carbocycles. The topological polar surface area (TPSA) is 52.6 Å². The predicted molar refractivity (Wildman–Crippen MR) is 62.4 cm³/mol. The van der Waals surface area contributed by atoms with Crippen LogP contribution in [0.3, 0.4) is 0 Å². The first-order valence-electron chi connectivity index (χ1n) is 5.69. The average molecular weight is 254 g/mol. The number of ether oxygens (including phenoxy) is 2. The minimum Gasteiger partial charge on any atom is -0.465 e. The van der Waals surface area contributed by atoms with Gasteiger partial charge in [-0.15, -0.1) is 0 Å². The molecule has 0 radical (unpaired) electrons. The van der Waals surface area contributed by atoms with Crippen molar-refractivity contribution in [3.8, 4) is 0 Å². The van der Waals surface area contributed by atoms with Crippen molar-refractivity contribution in [3.05, 3.63) is 35.6 Å². The molecule has 0 N–H and O–H groups in total. The number of hydrogen-bond donors (Lipinski definition) is 0. The van der Waals surface area contributed by atoms with E-state index in [9.17, 15) is 14.0 Å². The monoisotopic (exact) mass is 254 g/mol. The summed E-state index contributed by atoms with van der Waals surface area (Å²) in [4.78, 5) is 23.4. The molecule has 0 fully saturated rings. The Bertz CT molecular complexity index is 413. The van der Waals surface area contributed by atoms with Crippen molar-refractivity contribution in [2.24, 2.45) is 0 Å². The van der Waals surface area contributed by atoms with Gasteiger partial charge in [-0.3, -0.25) is 9.59 Å². The van der Waals surface area contributed by atoms with Crippen molar-refractivity contribution in [1.29, 1.82) is 0 Å². The Morgan fingerprint density at radius 2 is 1.61 bits per heavy atom. The maximum Gasteiger partial charge on any atom is 0.324 e. The van der Waals surface area contributed by atoms with Gasteiger partial charge in [0.05, 0.1) is 13.2 Å². The average Bonchev–Trinajstić information content (AvgIpc) is 2.33. The van der Waals surface area contributed by atoms with Crippen LogP contribution in [0.1, 0.15) is 25.3 Å². The molecule has 5 heteroatoms. The minimum atomic E-state index is -1.37. The number of carbonyl (C=O) groups is 2.